The summed E-state index contributed by atoms with van der Waals surface area (Å²) in [4.78, 5) is 24.5. The molecule has 0 aromatic heterocycles. The van der Waals surface area contributed by atoms with Crippen LogP contribution in [0.5, 0.6) is 0 Å². The minimum Gasteiger partial charge on any atom is -0.478 e. The van der Waals surface area contributed by atoms with Crippen LogP contribution in [0.4, 0.5) is 0 Å². The van der Waals surface area contributed by atoms with E-state index >= 15 is 0 Å². The maximum absolute atomic E-state index is 12.0. The fraction of sp³-hybridized carbons (Fsp3) is 0.667. The zero-order valence-electron chi connectivity index (χ0n) is 10.5. The fourth-order valence-electron chi connectivity index (χ4n) is 1.85. The van der Waals surface area contributed by atoms with E-state index in [1.807, 2.05) is 0 Å². The Kier molecular flexibility index (Phi) is 4.69. The number of hydrogen-bond donors (Lipinski definition) is 1. The first-order chi connectivity index (χ1) is 7.97. The Bertz CT molecular complexity index is 340. The second-order valence-corrected chi connectivity index (χ2v) is 4.28. The highest BCUT2D eigenvalue weighted by Gasteiger charge is 2.24. The normalized spacial score (nSPS) is 18.9. The summed E-state index contributed by atoms with van der Waals surface area (Å²) in [5, 5.41) is 8.83. The van der Waals surface area contributed by atoms with Gasteiger partial charge in [-0.05, 0) is 26.7 Å². The maximum atomic E-state index is 12.0. The summed E-state index contributed by atoms with van der Waals surface area (Å²) in [6, 6.07) is 0. The van der Waals surface area contributed by atoms with E-state index in [0.717, 1.165) is 12.8 Å². The Labute approximate surface area is 101 Å². The molecule has 1 aliphatic rings. The summed E-state index contributed by atoms with van der Waals surface area (Å²) >= 11 is 0. The van der Waals surface area contributed by atoms with Gasteiger partial charge >= 0.3 is 5.97 Å². The van der Waals surface area contributed by atoms with Crippen molar-refractivity contribution in [1.29, 1.82) is 0 Å². The van der Waals surface area contributed by atoms with E-state index in [-0.39, 0.29) is 17.6 Å². The lowest BCUT2D eigenvalue weighted by Crippen LogP contribution is -2.41. The Hall–Kier alpha value is -1.36. The second-order valence-electron chi connectivity index (χ2n) is 4.28. The van der Waals surface area contributed by atoms with Crippen LogP contribution in [0.15, 0.2) is 11.1 Å². The van der Waals surface area contributed by atoms with Crippen LogP contribution in [0, 0.1) is 0 Å². The van der Waals surface area contributed by atoms with Gasteiger partial charge in [-0.25, -0.2) is 4.79 Å². The smallest absolute Gasteiger partial charge is 0.331 e. The van der Waals surface area contributed by atoms with E-state index < -0.39 is 5.97 Å². The number of aliphatic carboxylic acids is 1. The van der Waals surface area contributed by atoms with Gasteiger partial charge in [0.25, 0.3) is 0 Å². The summed E-state index contributed by atoms with van der Waals surface area (Å²) in [5.41, 5.74) is 0.428. The minimum atomic E-state index is -1.04. The molecule has 0 atom stereocenters. The third-order valence-corrected chi connectivity index (χ3v) is 3.27. The van der Waals surface area contributed by atoms with E-state index in [4.69, 9.17) is 9.84 Å². The molecule has 96 valence electrons. The summed E-state index contributed by atoms with van der Waals surface area (Å²) in [6.45, 7) is 4.27. The third-order valence-electron chi connectivity index (χ3n) is 3.27. The lowest BCUT2D eigenvalue weighted by atomic mass is 10.0. The molecule has 1 N–H and O–H groups in total. The molecular weight excluding hydrogens is 222 g/mol. The highest BCUT2D eigenvalue weighted by molar-refractivity contribution is 6.01. The highest BCUT2D eigenvalue weighted by atomic mass is 16.5. The fourth-order valence-corrected chi connectivity index (χ4v) is 1.85. The van der Waals surface area contributed by atoms with E-state index in [9.17, 15) is 9.59 Å². The van der Waals surface area contributed by atoms with Crippen molar-refractivity contribution in [3.8, 4) is 0 Å². The van der Waals surface area contributed by atoms with E-state index in [1.165, 1.54) is 6.92 Å². The summed E-state index contributed by atoms with van der Waals surface area (Å²) in [5.74, 6) is -1.22. The van der Waals surface area contributed by atoms with Crippen LogP contribution in [0.3, 0.4) is 0 Å². The predicted octanol–water partition coefficient (Wildman–Crippen LogP) is 1.04. The molecule has 17 heavy (non-hydrogen) atoms. The van der Waals surface area contributed by atoms with Crippen molar-refractivity contribution >= 4 is 11.9 Å². The average Bonchev–Trinajstić information content (AvgIpc) is 2.36. The number of carboxylic acid groups (broad SMARTS) is 1. The number of likely N-dealkylation sites (tertiary alicyclic amines) is 1. The van der Waals surface area contributed by atoms with Gasteiger partial charge in [0, 0.05) is 31.3 Å². The molecule has 0 bridgehead atoms. The SMILES string of the molecule is COC1CCN(C(=O)C(C)=C(C)C(=O)O)CC1. The molecule has 1 saturated heterocycles. The zero-order valence-corrected chi connectivity index (χ0v) is 10.5. The molecule has 1 aliphatic heterocycles. The number of nitrogens with zero attached hydrogens (tertiary/aromatic N) is 1. The summed E-state index contributed by atoms with van der Waals surface area (Å²) in [6.07, 6.45) is 1.83. The summed E-state index contributed by atoms with van der Waals surface area (Å²) in [7, 11) is 1.67. The van der Waals surface area contributed by atoms with Gasteiger partial charge in [-0.1, -0.05) is 0 Å². The van der Waals surface area contributed by atoms with Gasteiger partial charge in [0.05, 0.1) is 6.10 Å². The maximum Gasteiger partial charge on any atom is 0.331 e. The van der Waals surface area contributed by atoms with Gasteiger partial charge < -0.3 is 14.7 Å². The molecule has 0 aromatic rings. The molecule has 0 saturated carbocycles. The lowest BCUT2D eigenvalue weighted by Gasteiger charge is -2.31. The Morgan fingerprint density at radius 3 is 2.12 bits per heavy atom. The Morgan fingerprint density at radius 2 is 1.71 bits per heavy atom. The van der Waals surface area contributed by atoms with Crippen LogP contribution in [0.1, 0.15) is 26.7 Å². The number of carbonyl (C=O) groups is 2. The lowest BCUT2D eigenvalue weighted by molar-refractivity contribution is -0.134. The van der Waals surface area contributed by atoms with Crippen molar-refractivity contribution in [3.63, 3.8) is 0 Å². The van der Waals surface area contributed by atoms with Crippen LogP contribution < -0.4 is 0 Å². The minimum absolute atomic E-state index is 0.115. The van der Waals surface area contributed by atoms with Crippen LogP contribution >= 0.6 is 0 Å². The van der Waals surface area contributed by atoms with Gasteiger partial charge in [-0.2, -0.15) is 0 Å². The molecule has 1 fully saturated rings. The monoisotopic (exact) mass is 241 g/mol. The van der Waals surface area contributed by atoms with Crippen molar-refractivity contribution in [2.45, 2.75) is 32.8 Å². The number of rotatable bonds is 3. The molecule has 5 heteroatoms. The molecule has 0 radical (unpaired) electrons. The van der Waals surface area contributed by atoms with Gasteiger partial charge in [0.1, 0.15) is 0 Å². The van der Waals surface area contributed by atoms with Crippen LogP contribution in [-0.2, 0) is 14.3 Å². The number of hydrogen-bond acceptors (Lipinski definition) is 3. The topological polar surface area (TPSA) is 66.8 Å². The van der Waals surface area contributed by atoms with Crippen molar-refractivity contribution in [3.05, 3.63) is 11.1 Å². The molecule has 1 heterocycles. The molecule has 5 nitrogen and oxygen atoms in total. The van der Waals surface area contributed by atoms with Crippen LogP contribution in [0.2, 0.25) is 0 Å². The predicted molar refractivity (Wildman–Crippen MR) is 62.6 cm³/mol. The molecule has 0 aromatic carbocycles. The van der Waals surface area contributed by atoms with Crippen molar-refractivity contribution < 1.29 is 19.4 Å². The number of methoxy groups -OCH3 is 1. The van der Waals surface area contributed by atoms with E-state index in [0.29, 0.717) is 18.7 Å². The zero-order chi connectivity index (χ0) is 13.0. The number of ether oxygens (including phenoxy) is 1. The molecule has 0 unspecified atom stereocenters. The number of piperidine rings is 1. The van der Waals surface area contributed by atoms with E-state index in [2.05, 4.69) is 0 Å². The van der Waals surface area contributed by atoms with Crippen molar-refractivity contribution in [1.82, 2.24) is 4.90 Å². The van der Waals surface area contributed by atoms with Crippen LogP contribution in [0.25, 0.3) is 0 Å². The van der Waals surface area contributed by atoms with Crippen molar-refractivity contribution in [2.75, 3.05) is 20.2 Å². The third kappa shape index (κ3) is 3.30. The molecular formula is C12H19NO4. The Morgan fingerprint density at radius 1 is 1.18 bits per heavy atom. The first-order valence-corrected chi connectivity index (χ1v) is 5.70. The second kappa shape index (κ2) is 5.82. The molecule has 1 amide bonds. The van der Waals surface area contributed by atoms with Gasteiger partial charge in [-0.15, -0.1) is 0 Å². The van der Waals surface area contributed by atoms with Gasteiger partial charge in [0.2, 0.25) is 5.91 Å². The van der Waals surface area contributed by atoms with Crippen molar-refractivity contribution in [2.24, 2.45) is 0 Å². The number of carbonyl (C=O) groups excluding carboxylic acids is 1. The molecule has 0 aliphatic carbocycles. The molecule has 0 spiro atoms. The van der Waals surface area contributed by atoms with E-state index in [1.54, 1.807) is 18.9 Å². The number of amides is 1. The standard InChI is InChI=1S/C12H19NO4/c1-8(9(2)12(15)16)11(14)13-6-4-10(17-3)5-7-13/h10H,4-7H2,1-3H3,(H,15,16). The first-order valence-electron chi connectivity index (χ1n) is 5.70. The van der Waals surface area contributed by atoms with Crippen LogP contribution in [-0.4, -0.2) is 48.2 Å². The highest BCUT2D eigenvalue weighted by Crippen LogP contribution is 2.16. The number of carboxylic acids is 1. The summed E-state index contributed by atoms with van der Waals surface area (Å²) < 4.78 is 5.22. The largest absolute Gasteiger partial charge is 0.478 e. The first kappa shape index (κ1) is 13.7. The molecule has 1 rings (SSSR count). The average molecular weight is 241 g/mol. The Balaban J connectivity index is 2.66. The van der Waals surface area contributed by atoms with Gasteiger partial charge in [0.15, 0.2) is 0 Å². The quantitative estimate of drug-likeness (QED) is 0.750. The van der Waals surface area contributed by atoms with Gasteiger partial charge in [-0.3, -0.25) is 4.79 Å².